The summed E-state index contributed by atoms with van der Waals surface area (Å²) in [5, 5.41) is 6.56. The number of urea groups is 1. The van der Waals surface area contributed by atoms with Gasteiger partial charge in [-0.2, -0.15) is 0 Å². The van der Waals surface area contributed by atoms with E-state index < -0.39 is 11.9 Å². The van der Waals surface area contributed by atoms with Crippen molar-refractivity contribution in [3.63, 3.8) is 0 Å². The molecule has 0 atom stereocenters. The Hall–Kier alpha value is -4.54. The molecule has 1 heterocycles. The first-order valence-corrected chi connectivity index (χ1v) is 13.9. The smallest absolute Gasteiger partial charge is 0.319 e. The van der Waals surface area contributed by atoms with Crippen LogP contribution in [0, 0.1) is 6.92 Å². The van der Waals surface area contributed by atoms with Crippen molar-refractivity contribution in [1.82, 2.24) is 15.2 Å². The maximum atomic E-state index is 13.0. The van der Waals surface area contributed by atoms with Gasteiger partial charge in [-0.15, -0.1) is 0 Å². The molecule has 2 N–H and O–H groups in total. The molecular weight excluding hydrogens is 593 g/mol. The molecule has 4 aromatic rings. The van der Waals surface area contributed by atoms with E-state index in [9.17, 15) is 14.4 Å². The fourth-order valence-corrected chi connectivity index (χ4v) is 4.90. The summed E-state index contributed by atoms with van der Waals surface area (Å²) in [6, 6.07) is 16.5. The van der Waals surface area contributed by atoms with Gasteiger partial charge in [0.2, 0.25) is 5.91 Å². The van der Waals surface area contributed by atoms with Crippen LogP contribution in [0.5, 0.6) is 11.5 Å². The highest BCUT2D eigenvalue weighted by molar-refractivity contribution is 6.38. The number of fused-ring (bicyclic) bond motifs is 1. The molecule has 43 heavy (non-hydrogen) atoms. The molecule has 3 aromatic carbocycles. The third-order valence-corrected chi connectivity index (χ3v) is 7.34. The van der Waals surface area contributed by atoms with Crippen LogP contribution < -0.4 is 25.0 Å². The zero-order chi connectivity index (χ0) is 31.3. The van der Waals surface area contributed by atoms with E-state index >= 15 is 0 Å². The number of hydrogen-bond acceptors (Lipinski definition) is 6. The Morgan fingerprint density at radius 1 is 0.953 bits per heavy atom. The molecule has 0 aliphatic heterocycles. The van der Waals surface area contributed by atoms with Crippen molar-refractivity contribution in [2.45, 2.75) is 13.5 Å². The van der Waals surface area contributed by atoms with Crippen LogP contribution in [0.4, 0.5) is 16.2 Å². The van der Waals surface area contributed by atoms with Gasteiger partial charge >= 0.3 is 6.03 Å². The highest BCUT2D eigenvalue weighted by Crippen LogP contribution is 2.36. The van der Waals surface area contributed by atoms with Gasteiger partial charge in [-0.05, 0) is 49.4 Å². The van der Waals surface area contributed by atoms with Crippen molar-refractivity contribution < 1.29 is 23.9 Å². The molecule has 1 aromatic heterocycles. The molecule has 0 unspecified atom stereocenters. The molecule has 0 fully saturated rings. The SMILES string of the molecule is COc1cc(C)nc2c(OCc3c(Cl)ccc(N(C)C(=O)CNC(=O)Nc4cccc(C(=O)N(C)C)c4)c3Cl)cccc12. The van der Waals surface area contributed by atoms with Crippen LogP contribution in [0.2, 0.25) is 10.0 Å². The van der Waals surface area contributed by atoms with E-state index in [1.54, 1.807) is 70.7 Å². The van der Waals surface area contributed by atoms with Crippen LogP contribution in [0.15, 0.2) is 60.7 Å². The first-order chi connectivity index (χ1) is 20.5. The Balaban J connectivity index is 1.43. The summed E-state index contributed by atoms with van der Waals surface area (Å²) in [6.07, 6.45) is 0. The molecule has 4 rings (SSSR count). The Labute approximate surface area is 259 Å². The van der Waals surface area contributed by atoms with E-state index in [1.807, 2.05) is 25.1 Å². The fourth-order valence-electron chi connectivity index (χ4n) is 4.30. The lowest BCUT2D eigenvalue weighted by Crippen LogP contribution is -2.40. The number of aryl methyl sites for hydroxylation is 1. The molecule has 10 nitrogen and oxygen atoms in total. The average Bonchev–Trinajstić information content (AvgIpc) is 2.98. The lowest BCUT2D eigenvalue weighted by molar-refractivity contribution is -0.117. The van der Waals surface area contributed by atoms with E-state index in [4.69, 9.17) is 32.7 Å². The topological polar surface area (TPSA) is 113 Å². The third kappa shape index (κ3) is 7.28. The molecule has 224 valence electrons. The van der Waals surface area contributed by atoms with E-state index in [2.05, 4.69) is 15.6 Å². The minimum Gasteiger partial charge on any atom is -0.496 e. The number of hydrogen-bond donors (Lipinski definition) is 2. The summed E-state index contributed by atoms with van der Waals surface area (Å²) < 4.78 is 11.6. The lowest BCUT2D eigenvalue weighted by Gasteiger charge is -2.21. The van der Waals surface area contributed by atoms with Gasteiger partial charge in [0.05, 0.1) is 24.4 Å². The Kier molecular flexibility index (Phi) is 9.95. The van der Waals surface area contributed by atoms with Crippen molar-refractivity contribution in [3.8, 4) is 11.5 Å². The van der Waals surface area contributed by atoms with Crippen LogP contribution in [-0.4, -0.2) is 62.5 Å². The normalized spacial score (nSPS) is 10.7. The van der Waals surface area contributed by atoms with E-state index in [0.29, 0.717) is 44.5 Å². The number of benzene rings is 3. The van der Waals surface area contributed by atoms with Crippen molar-refractivity contribution in [1.29, 1.82) is 0 Å². The van der Waals surface area contributed by atoms with Crippen LogP contribution in [0.25, 0.3) is 10.9 Å². The number of carbonyl (C=O) groups is 3. The number of rotatable bonds is 9. The van der Waals surface area contributed by atoms with Gasteiger partial charge < -0.3 is 29.9 Å². The number of anilines is 2. The number of ether oxygens (including phenoxy) is 2. The van der Waals surface area contributed by atoms with E-state index in [-0.39, 0.29) is 24.1 Å². The second kappa shape index (κ2) is 13.6. The lowest BCUT2D eigenvalue weighted by atomic mass is 10.1. The number of likely N-dealkylation sites (N-methyl/N-ethyl adjacent to an activating group) is 1. The highest BCUT2D eigenvalue weighted by Gasteiger charge is 2.20. The first-order valence-electron chi connectivity index (χ1n) is 13.2. The highest BCUT2D eigenvalue weighted by atomic mass is 35.5. The number of amides is 4. The molecule has 4 amide bonds. The summed E-state index contributed by atoms with van der Waals surface area (Å²) >= 11 is 13.2. The largest absolute Gasteiger partial charge is 0.496 e. The molecule has 0 saturated heterocycles. The summed E-state index contributed by atoms with van der Waals surface area (Å²) in [6.45, 7) is 1.57. The van der Waals surface area contributed by atoms with Gasteiger partial charge in [-0.3, -0.25) is 9.59 Å². The number of pyridine rings is 1. The molecule has 0 aliphatic carbocycles. The first kappa shape index (κ1) is 31.4. The molecule has 0 bridgehead atoms. The number of halogens is 2. The van der Waals surface area contributed by atoms with Gasteiger partial charge in [-0.25, -0.2) is 9.78 Å². The Bertz CT molecular complexity index is 1700. The summed E-state index contributed by atoms with van der Waals surface area (Å²) in [5.41, 5.74) is 3.10. The van der Waals surface area contributed by atoms with Gasteiger partial charge in [0.15, 0.2) is 0 Å². The van der Waals surface area contributed by atoms with Gasteiger partial charge in [-0.1, -0.05) is 35.3 Å². The molecule has 0 spiro atoms. The minimum absolute atomic E-state index is 0.0145. The van der Waals surface area contributed by atoms with Crippen molar-refractivity contribution in [3.05, 3.63) is 87.5 Å². The standard InChI is InChI=1S/C31H31Cl2N5O5/c1-18-14-26(42-5)21-10-7-11-25(29(21)35-18)43-17-22-23(32)12-13-24(28(22)33)38(4)27(39)16-34-31(41)36-20-9-6-8-19(15-20)30(40)37(2)3/h6-15H,16-17H2,1-5H3,(H2,34,36,41). The maximum Gasteiger partial charge on any atom is 0.319 e. The van der Waals surface area contributed by atoms with Gasteiger partial charge in [0, 0.05) is 60.1 Å². The van der Waals surface area contributed by atoms with Crippen LogP contribution in [-0.2, 0) is 11.4 Å². The molecule has 0 radical (unpaired) electrons. The Morgan fingerprint density at radius 2 is 1.70 bits per heavy atom. The number of nitrogens with one attached hydrogen (secondary N) is 2. The minimum atomic E-state index is -0.608. The van der Waals surface area contributed by atoms with E-state index in [0.717, 1.165) is 11.1 Å². The molecule has 0 aliphatic rings. The molecule has 12 heteroatoms. The Morgan fingerprint density at radius 3 is 2.42 bits per heavy atom. The number of methoxy groups -OCH3 is 1. The van der Waals surface area contributed by atoms with Crippen molar-refractivity contribution >= 4 is 63.3 Å². The number of nitrogens with zero attached hydrogens (tertiary/aromatic N) is 3. The number of aromatic nitrogens is 1. The molecular formula is C31H31Cl2N5O5. The fraction of sp³-hybridized carbons (Fsp3) is 0.226. The monoisotopic (exact) mass is 623 g/mol. The zero-order valence-corrected chi connectivity index (χ0v) is 25.8. The molecule has 0 saturated carbocycles. The summed E-state index contributed by atoms with van der Waals surface area (Å²) in [5.74, 6) is 0.577. The van der Waals surface area contributed by atoms with Gasteiger partial charge in [0.1, 0.15) is 23.6 Å². The van der Waals surface area contributed by atoms with Crippen LogP contribution in [0.3, 0.4) is 0 Å². The summed E-state index contributed by atoms with van der Waals surface area (Å²) in [4.78, 5) is 45.0. The zero-order valence-electron chi connectivity index (χ0n) is 24.3. The predicted octanol–water partition coefficient (Wildman–Crippen LogP) is 5.92. The predicted molar refractivity (Wildman–Crippen MR) is 169 cm³/mol. The van der Waals surface area contributed by atoms with Crippen LogP contribution in [0.1, 0.15) is 21.6 Å². The van der Waals surface area contributed by atoms with Crippen molar-refractivity contribution in [2.75, 3.05) is 45.0 Å². The van der Waals surface area contributed by atoms with Crippen molar-refractivity contribution in [2.24, 2.45) is 0 Å². The van der Waals surface area contributed by atoms with Gasteiger partial charge in [0.25, 0.3) is 5.91 Å². The second-order valence-electron chi connectivity index (χ2n) is 9.81. The second-order valence-corrected chi connectivity index (χ2v) is 10.6. The average molecular weight is 625 g/mol. The third-order valence-electron chi connectivity index (χ3n) is 6.56. The van der Waals surface area contributed by atoms with Crippen LogP contribution >= 0.6 is 23.2 Å². The summed E-state index contributed by atoms with van der Waals surface area (Å²) in [7, 11) is 6.42. The van der Waals surface area contributed by atoms with E-state index in [1.165, 1.54) is 9.80 Å². The number of carbonyl (C=O) groups excluding carboxylic acids is 3. The quantitative estimate of drug-likeness (QED) is 0.239. The maximum absolute atomic E-state index is 13.0. The number of para-hydroxylation sites is 1.